The van der Waals surface area contributed by atoms with Gasteiger partial charge >= 0.3 is 0 Å². The van der Waals surface area contributed by atoms with Crippen molar-refractivity contribution in [3.63, 3.8) is 0 Å². The summed E-state index contributed by atoms with van der Waals surface area (Å²) in [5.41, 5.74) is 4.04. The van der Waals surface area contributed by atoms with Crippen LogP contribution < -0.4 is 5.32 Å². The van der Waals surface area contributed by atoms with E-state index in [9.17, 15) is 4.79 Å². The smallest absolute Gasteiger partial charge is 0.224 e. The van der Waals surface area contributed by atoms with Crippen molar-refractivity contribution in [2.75, 3.05) is 20.3 Å². The van der Waals surface area contributed by atoms with Crippen molar-refractivity contribution in [3.8, 4) is 0 Å². The van der Waals surface area contributed by atoms with Crippen molar-refractivity contribution < 1.29 is 18.7 Å². The summed E-state index contributed by atoms with van der Waals surface area (Å²) < 4.78 is 16.5. The van der Waals surface area contributed by atoms with E-state index in [0.717, 1.165) is 34.1 Å². The van der Waals surface area contributed by atoms with Gasteiger partial charge in [-0.3, -0.25) is 4.79 Å². The first-order valence-corrected chi connectivity index (χ1v) is 7.95. The standard InChI is InChI=1S/C18H23NO4/c1-11-6-12(2)18-13(9-23-16(18)7-11)8-17(20)19-14-10-22-5-4-15(14)21-3/h6-7,9,14-15H,4-5,8,10H2,1-3H3,(H,19,20)/t14-,15-/m1/s1. The minimum Gasteiger partial charge on any atom is -0.464 e. The molecule has 5 nitrogen and oxygen atoms in total. The van der Waals surface area contributed by atoms with E-state index in [4.69, 9.17) is 13.9 Å². The number of hydrogen-bond donors (Lipinski definition) is 1. The van der Waals surface area contributed by atoms with Crippen molar-refractivity contribution in [3.05, 3.63) is 35.1 Å². The Morgan fingerprint density at radius 3 is 3.00 bits per heavy atom. The number of fused-ring (bicyclic) bond motifs is 1. The van der Waals surface area contributed by atoms with Crippen molar-refractivity contribution in [1.29, 1.82) is 0 Å². The van der Waals surface area contributed by atoms with Crippen LogP contribution in [0.1, 0.15) is 23.1 Å². The van der Waals surface area contributed by atoms with Gasteiger partial charge in [-0.15, -0.1) is 0 Å². The van der Waals surface area contributed by atoms with Crippen LogP contribution in [-0.2, 0) is 20.7 Å². The minimum absolute atomic E-state index is 0.0122. The molecule has 1 amide bonds. The van der Waals surface area contributed by atoms with Crippen LogP contribution in [0.2, 0.25) is 0 Å². The van der Waals surface area contributed by atoms with Crippen molar-refractivity contribution in [2.24, 2.45) is 0 Å². The SMILES string of the molecule is CO[C@@H]1CCOC[C@H]1NC(=O)Cc1coc2cc(C)cc(C)c12. The Labute approximate surface area is 135 Å². The fourth-order valence-electron chi connectivity index (χ4n) is 3.32. The summed E-state index contributed by atoms with van der Waals surface area (Å²) in [5.74, 6) is -0.0368. The Hall–Kier alpha value is -1.85. The van der Waals surface area contributed by atoms with Crippen LogP contribution in [0.4, 0.5) is 0 Å². The molecule has 1 aliphatic heterocycles. The quantitative estimate of drug-likeness (QED) is 0.941. The molecule has 0 unspecified atom stereocenters. The molecule has 2 atom stereocenters. The molecule has 5 heteroatoms. The second kappa shape index (κ2) is 6.72. The zero-order valence-electron chi connectivity index (χ0n) is 13.8. The number of carbonyl (C=O) groups is 1. The third-order valence-electron chi connectivity index (χ3n) is 4.39. The maximum absolute atomic E-state index is 12.4. The van der Waals surface area contributed by atoms with Crippen molar-refractivity contribution in [1.82, 2.24) is 5.32 Å². The molecule has 3 rings (SSSR count). The van der Waals surface area contributed by atoms with Gasteiger partial charge in [-0.05, 0) is 37.5 Å². The van der Waals surface area contributed by atoms with E-state index in [0.29, 0.717) is 19.6 Å². The number of furan rings is 1. The van der Waals surface area contributed by atoms with Crippen LogP contribution in [0.3, 0.4) is 0 Å². The van der Waals surface area contributed by atoms with Gasteiger partial charge < -0.3 is 19.2 Å². The van der Waals surface area contributed by atoms with Crippen LogP contribution in [0, 0.1) is 13.8 Å². The lowest BCUT2D eigenvalue weighted by molar-refractivity contribution is -0.124. The first kappa shape index (κ1) is 16.0. The lowest BCUT2D eigenvalue weighted by Gasteiger charge is -2.31. The van der Waals surface area contributed by atoms with Gasteiger partial charge in [0.05, 0.1) is 31.4 Å². The maximum atomic E-state index is 12.4. The summed E-state index contributed by atoms with van der Waals surface area (Å²) in [6, 6.07) is 4.01. The lowest BCUT2D eigenvalue weighted by atomic mass is 10.0. The topological polar surface area (TPSA) is 60.7 Å². The molecule has 1 saturated heterocycles. The molecule has 1 N–H and O–H groups in total. The van der Waals surface area contributed by atoms with Crippen molar-refractivity contribution in [2.45, 2.75) is 38.8 Å². The van der Waals surface area contributed by atoms with Gasteiger partial charge in [0.25, 0.3) is 0 Å². The highest BCUT2D eigenvalue weighted by molar-refractivity contribution is 5.90. The average molecular weight is 317 g/mol. The predicted molar refractivity (Wildman–Crippen MR) is 87.6 cm³/mol. The Morgan fingerprint density at radius 1 is 1.39 bits per heavy atom. The highest BCUT2D eigenvalue weighted by Crippen LogP contribution is 2.26. The minimum atomic E-state index is -0.0947. The molecule has 2 aromatic rings. The number of hydrogen-bond acceptors (Lipinski definition) is 4. The molecule has 0 aliphatic carbocycles. The van der Waals surface area contributed by atoms with E-state index in [1.54, 1.807) is 13.4 Å². The summed E-state index contributed by atoms with van der Waals surface area (Å²) in [6.07, 6.45) is 2.79. The third kappa shape index (κ3) is 3.41. The van der Waals surface area contributed by atoms with Gasteiger partial charge in [-0.25, -0.2) is 0 Å². The largest absolute Gasteiger partial charge is 0.464 e. The number of ether oxygens (including phenoxy) is 2. The first-order chi connectivity index (χ1) is 11.1. The molecule has 1 aromatic heterocycles. The zero-order valence-corrected chi connectivity index (χ0v) is 13.8. The van der Waals surface area contributed by atoms with E-state index in [1.807, 2.05) is 19.9 Å². The Balaban J connectivity index is 1.73. The lowest BCUT2D eigenvalue weighted by Crippen LogP contribution is -2.50. The number of nitrogens with one attached hydrogen (secondary N) is 1. The highest BCUT2D eigenvalue weighted by atomic mass is 16.5. The maximum Gasteiger partial charge on any atom is 0.224 e. The molecule has 1 aromatic carbocycles. The Morgan fingerprint density at radius 2 is 2.22 bits per heavy atom. The fourth-order valence-corrected chi connectivity index (χ4v) is 3.32. The van der Waals surface area contributed by atoms with Gasteiger partial charge in [0.2, 0.25) is 5.91 Å². The molecule has 0 saturated carbocycles. The summed E-state index contributed by atoms with van der Waals surface area (Å²) in [7, 11) is 1.67. The number of methoxy groups -OCH3 is 1. The summed E-state index contributed by atoms with van der Waals surface area (Å²) in [6.45, 7) is 5.25. The number of rotatable bonds is 4. The zero-order chi connectivity index (χ0) is 16.4. The predicted octanol–water partition coefficient (Wildman–Crippen LogP) is 2.51. The monoisotopic (exact) mass is 317 g/mol. The molecule has 2 heterocycles. The normalized spacial score (nSPS) is 21.5. The molecule has 1 fully saturated rings. The van der Waals surface area contributed by atoms with Gasteiger partial charge in [-0.1, -0.05) is 6.07 Å². The molecule has 0 radical (unpaired) electrons. The van der Waals surface area contributed by atoms with Crippen molar-refractivity contribution >= 4 is 16.9 Å². The summed E-state index contributed by atoms with van der Waals surface area (Å²) >= 11 is 0. The molecule has 0 bridgehead atoms. The van der Waals surface area contributed by atoms with Crippen LogP contribution in [0.15, 0.2) is 22.8 Å². The van der Waals surface area contributed by atoms with E-state index >= 15 is 0 Å². The summed E-state index contributed by atoms with van der Waals surface area (Å²) in [5, 5.41) is 4.06. The van der Waals surface area contributed by atoms with Gasteiger partial charge in [0, 0.05) is 24.7 Å². The second-order valence-corrected chi connectivity index (χ2v) is 6.20. The Kier molecular flexibility index (Phi) is 4.68. The molecule has 1 aliphatic rings. The van der Waals surface area contributed by atoms with E-state index in [1.165, 1.54) is 0 Å². The van der Waals surface area contributed by atoms with Gasteiger partial charge in [-0.2, -0.15) is 0 Å². The number of carbonyl (C=O) groups excluding carboxylic acids is 1. The number of benzene rings is 1. The van der Waals surface area contributed by atoms with E-state index in [2.05, 4.69) is 11.4 Å². The van der Waals surface area contributed by atoms with Crippen LogP contribution in [0.5, 0.6) is 0 Å². The Bertz CT molecular complexity index is 706. The molecule has 0 spiro atoms. The fraction of sp³-hybridized carbons (Fsp3) is 0.500. The molecule has 124 valence electrons. The second-order valence-electron chi connectivity index (χ2n) is 6.20. The van der Waals surface area contributed by atoms with Crippen LogP contribution >= 0.6 is 0 Å². The molecular formula is C18H23NO4. The molecule has 23 heavy (non-hydrogen) atoms. The van der Waals surface area contributed by atoms with Gasteiger partial charge in [0.1, 0.15) is 5.58 Å². The van der Waals surface area contributed by atoms with E-state index < -0.39 is 0 Å². The van der Waals surface area contributed by atoms with E-state index in [-0.39, 0.29) is 18.1 Å². The average Bonchev–Trinajstić information content (AvgIpc) is 2.90. The molecular weight excluding hydrogens is 294 g/mol. The third-order valence-corrected chi connectivity index (χ3v) is 4.39. The number of aryl methyl sites for hydroxylation is 2. The highest BCUT2D eigenvalue weighted by Gasteiger charge is 2.27. The van der Waals surface area contributed by atoms with Crippen LogP contribution in [0.25, 0.3) is 11.0 Å². The number of amides is 1. The van der Waals surface area contributed by atoms with Gasteiger partial charge in [0.15, 0.2) is 0 Å². The first-order valence-electron chi connectivity index (χ1n) is 7.95. The van der Waals surface area contributed by atoms with Crippen LogP contribution in [-0.4, -0.2) is 38.4 Å². The summed E-state index contributed by atoms with van der Waals surface area (Å²) in [4.78, 5) is 12.4.